The number of hydrogen-bond acceptors (Lipinski definition) is 5. The smallest absolute Gasteiger partial charge is 0.310 e. The number of anilines is 1. The lowest BCUT2D eigenvalue weighted by Gasteiger charge is -2.33. The molecule has 2 amide bonds. The molecule has 0 radical (unpaired) electrons. The lowest BCUT2D eigenvalue weighted by Crippen LogP contribution is -2.46. The first-order valence-corrected chi connectivity index (χ1v) is 13.1. The highest BCUT2D eigenvalue weighted by molar-refractivity contribution is 6.02. The lowest BCUT2D eigenvalue weighted by molar-refractivity contribution is -0.155. The maximum Gasteiger partial charge on any atom is 0.310 e. The summed E-state index contributed by atoms with van der Waals surface area (Å²) < 4.78 is 5.35. The van der Waals surface area contributed by atoms with Crippen LogP contribution in [0.4, 0.5) is 5.69 Å². The second-order valence-electron chi connectivity index (χ2n) is 9.98. The van der Waals surface area contributed by atoms with Crippen LogP contribution in [0, 0.1) is 23.7 Å². The molecule has 3 aromatic rings. The van der Waals surface area contributed by atoms with Crippen molar-refractivity contribution in [1.82, 2.24) is 4.90 Å². The molecule has 2 N–H and O–H groups in total. The fraction of sp³-hybridized carbons (Fsp3) is 0.323. The highest BCUT2D eigenvalue weighted by Gasteiger charge is 2.58. The molecular formula is C31H32N2O5. The molecule has 0 unspecified atom stereocenters. The van der Waals surface area contributed by atoms with E-state index in [1.165, 1.54) is 4.90 Å². The summed E-state index contributed by atoms with van der Waals surface area (Å²) in [7, 11) is 0. The number of amides is 2. The minimum atomic E-state index is -0.919. The second kappa shape index (κ2) is 10.8. The zero-order valence-electron chi connectivity index (χ0n) is 21.5. The highest BCUT2D eigenvalue weighted by Crippen LogP contribution is 2.47. The van der Waals surface area contributed by atoms with E-state index in [1.807, 2.05) is 91.9 Å². The van der Waals surface area contributed by atoms with Crippen LogP contribution in [0.3, 0.4) is 0 Å². The quantitative estimate of drug-likeness (QED) is 0.363. The highest BCUT2D eigenvalue weighted by atomic mass is 16.5. The number of carbonyl (C=O) groups excluding carboxylic acids is 3. The number of aliphatic hydroxyl groups is 1. The maximum absolute atomic E-state index is 14.1. The van der Waals surface area contributed by atoms with Crippen LogP contribution in [-0.2, 0) is 19.1 Å². The van der Waals surface area contributed by atoms with Gasteiger partial charge in [-0.15, -0.1) is 0 Å². The van der Waals surface area contributed by atoms with Gasteiger partial charge >= 0.3 is 5.97 Å². The van der Waals surface area contributed by atoms with E-state index in [9.17, 15) is 19.5 Å². The average molecular weight is 513 g/mol. The number of hydrogen-bond donors (Lipinski definition) is 2. The second-order valence-corrected chi connectivity index (χ2v) is 9.98. The molecule has 0 saturated carbocycles. The largest absolute Gasteiger partial charge is 0.466 e. The number of fused-ring (bicyclic) bond motifs is 2. The van der Waals surface area contributed by atoms with E-state index in [4.69, 9.17) is 4.74 Å². The molecule has 0 spiro atoms. The van der Waals surface area contributed by atoms with Crippen molar-refractivity contribution < 1.29 is 24.2 Å². The van der Waals surface area contributed by atoms with Crippen LogP contribution < -0.4 is 5.32 Å². The molecule has 5 rings (SSSR count). The Hall–Kier alpha value is -3.97. The van der Waals surface area contributed by atoms with Crippen molar-refractivity contribution in [2.24, 2.45) is 23.7 Å². The summed E-state index contributed by atoms with van der Waals surface area (Å²) >= 11 is 0. The number of likely N-dealkylation sites (tertiary alicyclic amines) is 1. The Kier molecular flexibility index (Phi) is 7.29. The van der Waals surface area contributed by atoms with Crippen molar-refractivity contribution in [3.63, 3.8) is 0 Å². The van der Waals surface area contributed by atoms with Crippen molar-refractivity contribution in [2.45, 2.75) is 25.9 Å². The fourth-order valence-electron chi connectivity index (χ4n) is 5.98. The van der Waals surface area contributed by atoms with Gasteiger partial charge in [0.15, 0.2) is 0 Å². The van der Waals surface area contributed by atoms with E-state index < -0.39 is 35.8 Å². The van der Waals surface area contributed by atoms with Crippen LogP contribution in [0.25, 0.3) is 10.8 Å². The summed E-state index contributed by atoms with van der Waals surface area (Å²) in [5, 5.41) is 15.5. The number of aliphatic hydroxyl groups excluding tert-OH is 1. The zero-order chi connectivity index (χ0) is 26.8. The lowest BCUT2D eigenvalue weighted by atomic mass is 9.70. The van der Waals surface area contributed by atoms with Crippen molar-refractivity contribution in [2.75, 3.05) is 18.5 Å². The molecule has 196 valence electrons. The predicted molar refractivity (Wildman–Crippen MR) is 145 cm³/mol. The number of nitrogens with one attached hydrogen (secondary N) is 1. The fourth-order valence-corrected chi connectivity index (χ4v) is 5.98. The van der Waals surface area contributed by atoms with Crippen LogP contribution in [0.5, 0.6) is 0 Å². The molecular weight excluding hydrogens is 480 g/mol. The number of benzene rings is 3. The molecule has 0 bridgehead atoms. The molecule has 1 aliphatic carbocycles. The van der Waals surface area contributed by atoms with Gasteiger partial charge in [-0.1, -0.05) is 79.7 Å². The number of nitrogens with zero attached hydrogens (tertiary/aromatic N) is 1. The number of rotatable bonds is 7. The predicted octanol–water partition coefficient (Wildman–Crippen LogP) is 4.34. The molecule has 6 atom stereocenters. The molecule has 0 aromatic heterocycles. The summed E-state index contributed by atoms with van der Waals surface area (Å²) in [5.74, 6) is -3.39. The van der Waals surface area contributed by atoms with Crippen molar-refractivity contribution in [1.29, 1.82) is 0 Å². The number of allylic oxidation sites excluding steroid dienone is 1. The molecule has 1 fully saturated rings. The van der Waals surface area contributed by atoms with Gasteiger partial charge in [0.25, 0.3) is 0 Å². The Bertz CT molecular complexity index is 1370. The SMILES string of the molecule is CCOC(=O)[C@H]1[C@@H]2C(=O)N([C@H](CO)c3ccccc3)[C@H](C(=O)Nc3ccc4ccccc4c3)[C@H]2C=C[C@H]1C. The minimum absolute atomic E-state index is 0.205. The van der Waals surface area contributed by atoms with Gasteiger partial charge in [-0.25, -0.2) is 0 Å². The van der Waals surface area contributed by atoms with Crippen molar-refractivity contribution in [3.8, 4) is 0 Å². The van der Waals surface area contributed by atoms with Gasteiger partial charge in [0.1, 0.15) is 6.04 Å². The summed E-state index contributed by atoms with van der Waals surface area (Å²) in [6.45, 7) is 3.46. The van der Waals surface area contributed by atoms with E-state index in [1.54, 1.807) is 6.92 Å². The monoisotopic (exact) mass is 512 g/mol. The van der Waals surface area contributed by atoms with Crippen LogP contribution in [0.15, 0.2) is 84.9 Å². The van der Waals surface area contributed by atoms with Gasteiger partial charge in [0.2, 0.25) is 11.8 Å². The maximum atomic E-state index is 14.1. The number of esters is 1. The van der Waals surface area contributed by atoms with Gasteiger partial charge < -0.3 is 20.1 Å². The third-order valence-corrected chi connectivity index (χ3v) is 7.75. The first-order chi connectivity index (χ1) is 18.4. The molecule has 3 aromatic carbocycles. The Balaban J connectivity index is 1.55. The molecule has 7 nitrogen and oxygen atoms in total. The first-order valence-electron chi connectivity index (χ1n) is 13.1. The molecule has 7 heteroatoms. The Morgan fingerprint density at radius 1 is 1.00 bits per heavy atom. The van der Waals surface area contributed by atoms with E-state index in [0.29, 0.717) is 5.69 Å². The van der Waals surface area contributed by atoms with Crippen LogP contribution in [-0.4, -0.2) is 47.0 Å². The Morgan fingerprint density at radius 3 is 2.42 bits per heavy atom. The third-order valence-electron chi connectivity index (χ3n) is 7.75. The van der Waals surface area contributed by atoms with Gasteiger partial charge in [0.05, 0.1) is 31.1 Å². The van der Waals surface area contributed by atoms with E-state index in [0.717, 1.165) is 16.3 Å². The first kappa shape index (κ1) is 25.7. The number of carbonyl (C=O) groups is 3. The van der Waals surface area contributed by atoms with E-state index in [-0.39, 0.29) is 30.9 Å². The average Bonchev–Trinajstić information content (AvgIpc) is 3.21. The molecule has 1 heterocycles. The van der Waals surface area contributed by atoms with Gasteiger partial charge in [-0.05, 0) is 41.3 Å². The van der Waals surface area contributed by atoms with E-state index in [2.05, 4.69) is 5.32 Å². The molecule has 2 aliphatic rings. The standard InChI is InChI=1S/C31H32N2O5/c1-3-38-31(37)26-19(2)13-16-24-27(26)30(36)33(25(18-34)21-10-5-4-6-11-21)28(24)29(35)32-23-15-14-20-9-7-8-12-22(20)17-23/h4-17,19,24-28,34H,3,18H2,1-2H3,(H,32,35)/t19-,24+,25-,26-,27-,28+/m1/s1. The van der Waals surface area contributed by atoms with Crippen LogP contribution in [0.1, 0.15) is 25.5 Å². The van der Waals surface area contributed by atoms with Crippen LogP contribution >= 0.6 is 0 Å². The molecule has 1 aliphatic heterocycles. The summed E-state index contributed by atoms with van der Waals surface area (Å²) in [6.07, 6.45) is 3.78. The normalized spacial score (nSPS) is 25.2. The van der Waals surface area contributed by atoms with Gasteiger partial charge in [-0.3, -0.25) is 14.4 Å². The summed E-state index contributed by atoms with van der Waals surface area (Å²) in [5.41, 5.74) is 1.33. The Morgan fingerprint density at radius 2 is 1.71 bits per heavy atom. The molecule has 38 heavy (non-hydrogen) atoms. The topological polar surface area (TPSA) is 95.9 Å². The Labute approximate surface area is 222 Å². The summed E-state index contributed by atoms with van der Waals surface area (Å²) in [6, 6.07) is 21.0. The summed E-state index contributed by atoms with van der Waals surface area (Å²) in [4.78, 5) is 42.6. The van der Waals surface area contributed by atoms with Gasteiger partial charge in [0, 0.05) is 11.6 Å². The van der Waals surface area contributed by atoms with Crippen LogP contribution in [0.2, 0.25) is 0 Å². The number of ether oxygens (including phenoxy) is 1. The third kappa shape index (κ3) is 4.58. The molecule has 1 saturated heterocycles. The van der Waals surface area contributed by atoms with E-state index >= 15 is 0 Å². The minimum Gasteiger partial charge on any atom is -0.466 e. The van der Waals surface area contributed by atoms with Crippen molar-refractivity contribution in [3.05, 3.63) is 90.5 Å². The zero-order valence-corrected chi connectivity index (χ0v) is 21.5. The van der Waals surface area contributed by atoms with Gasteiger partial charge in [-0.2, -0.15) is 0 Å². The van der Waals surface area contributed by atoms with Crippen molar-refractivity contribution >= 4 is 34.2 Å².